The lowest BCUT2D eigenvalue weighted by molar-refractivity contribution is -0.124. The Labute approximate surface area is 118 Å². The van der Waals surface area contributed by atoms with E-state index in [0.29, 0.717) is 12.8 Å². The van der Waals surface area contributed by atoms with Gasteiger partial charge in [0.15, 0.2) is 0 Å². The molecule has 0 atom stereocenters. The lowest BCUT2D eigenvalue weighted by atomic mass is 9.94. The Balaban J connectivity index is 2.12. The van der Waals surface area contributed by atoms with Gasteiger partial charge < -0.3 is 15.0 Å². The fourth-order valence-electron chi connectivity index (χ4n) is 2.32. The van der Waals surface area contributed by atoms with E-state index in [9.17, 15) is 9.90 Å². The van der Waals surface area contributed by atoms with Gasteiger partial charge in [0, 0.05) is 0 Å². The minimum Gasteiger partial charge on any atom is -0.394 e. The van der Waals surface area contributed by atoms with Crippen molar-refractivity contribution < 1.29 is 9.90 Å². The summed E-state index contributed by atoms with van der Waals surface area (Å²) < 4.78 is 1.82. The van der Waals surface area contributed by atoms with Gasteiger partial charge in [0.1, 0.15) is 6.54 Å². The number of aliphatic hydroxyl groups is 1. The zero-order valence-corrected chi connectivity index (χ0v) is 12.0. The summed E-state index contributed by atoms with van der Waals surface area (Å²) >= 11 is 0. The highest BCUT2D eigenvalue weighted by Crippen LogP contribution is 2.15. The van der Waals surface area contributed by atoms with Crippen molar-refractivity contribution in [1.82, 2.24) is 14.9 Å². The van der Waals surface area contributed by atoms with E-state index >= 15 is 0 Å². The number of aromatic nitrogens is 2. The van der Waals surface area contributed by atoms with Gasteiger partial charge in [-0.3, -0.25) is 4.79 Å². The number of hydrogen-bond acceptors (Lipinski definition) is 3. The molecule has 2 rings (SSSR count). The number of carbonyl (C=O) groups is 1. The molecule has 0 aliphatic carbocycles. The summed E-state index contributed by atoms with van der Waals surface area (Å²) in [6.45, 7) is 4.10. The number of benzene rings is 1. The van der Waals surface area contributed by atoms with Gasteiger partial charge in [-0.05, 0) is 25.0 Å². The van der Waals surface area contributed by atoms with E-state index in [1.165, 1.54) is 0 Å². The average molecular weight is 275 g/mol. The number of nitrogens with one attached hydrogen (secondary N) is 1. The molecule has 1 aromatic heterocycles. The molecule has 0 fully saturated rings. The number of imidazole rings is 1. The number of para-hydroxylation sites is 2. The molecule has 5 nitrogen and oxygen atoms in total. The smallest absolute Gasteiger partial charge is 0.240 e. The SMILES string of the molecule is CCC(CC)(CO)NC(=O)Cn1cnc2ccccc21. The second-order valence-corrected chi connectivity index (χ2v) is 5.05. The number of nitrogens with zero attached hydrogens (tertiary/aromatic N) is 2. The van der Waals surface area contributed by atoms with Crippen LogP contribution in [-0.2, 0) is 11.3 Å². The van der Waals surface area contributed by atoms with Gasteiger partial charge in [-0.15, -0.1) is 0 Å². The molecule has 0 unspecified atom stereocenters. The molecule has 0 aliphatic heterocycles. The Hall–Kier alpha value is -1.88. The maximum absolute atomic E-state index is 12.2. The van der Waals surface area contributed by atoms with Gasteiger partial charge in [0.2, 0.25) is 5.91 Å². The largest absolute Gasteiger partial charge is 0.394 e. The first-order chi connectivity index (χ1) is 9.64. The fraction of sp³-hybridized carbons (Fsp3) is 0.467. The second-order valence-electron chi connectivity index (χ2n) is 5.05. The predicted molar refractivity (Wildman–Crippen MR) is 78.3 cm³/mol. The molecule has 0 aliphatic rings. The maximum atomic E-state index is 12.2. The highest BCUT2D eigenvalue weighted by molar-refractivity contribution is 5.80. The molecule has 2 N–H and O–H groups in total. The van der Waals surface area contributed by atoms with Gasteiger partial charge in [-0.25, -0.2) is 4.98 Å². The fourth-order valence-corrected chi connectivity index (χ4v) is 2.32. The van der Waals surface area contributed by atoms with Crippen molar-refractivity contribution in [3.05, 3.63) is 30.6 Å². The van der Waals surface area contributed by atoms with E-state index < -0.39 is 5.54 Å². The minimum absolute atomic E-state index is 0.0452. The lowest BCUT2D eigenvalue weighted by Crippen LogP contribution is -2.51. The van der Waals surface area contributed by atoms with Crippen LogP contribution in [0.25, 0.3) is 11.0 Å². The molecule has 108 valence electrons. The van der Waals surface area contributed by atoms with E-state index in [1.807, 2.05) is 42.7 Å². The monoisotopic (exact) mass is 275 g/mol. The molecule has 1 aromatic carbocycles. The van der Waals surface area contributed by atoms with Crippen LogP contribution in [0.15, 0.2) is 30.6 Å². The molecular formula is C15H21N3O2. The lowest BCUT2D eigenvalue weighted by Gasteiger charge is -2.30. The van der Waals surface area contributed by atoms with Gasteiger partial charge in [-0.2, -0.15) is 0 Å². The molecule has 1 amide bonds. The van der Waals surface area contributed by atoms with Crippen molar-refractivity contribution in [3.8, 4) is 0 Å². The van der Waals surface area contributed by atoms with Crippen LogP contribution in [0.3, 0.4) is 0 Å². The average Bonchev–Trinajstić information content (AvgIpc) is 2.88. The van der Waals surface area contributed by atoms with Gasteiger partial charge in [0.05, 0.1) is 29.5 Å². The molecule has 20 heavy (non-hydrogen) atoms. The van der Waals surface area contributed by atoms with Crippen LogP contribution in [0.1, 0.15) is 26.7 Å². The Bertz CT molecular complexity index is 579. The van der Waals surface area contributed by atoms with Gasteiger partial charge in [0.25, 0.3) is 0 Å². The number of fused-ring (bicyclic) bond motifs is 1. The van der Waals surface area contributed by atoms with Crippen molar-refractivity contribution in [2.24, 2.45) is 0 Å². The quantitative estimate of drug-likeness (QED) is 0.843. The normalized spacial score (nSPS) is 11.8. The number of amides is 1. The van der Waals surface area contributed by atoms with Crippen molar-refractivity contribution in [3.63, 3.8) is 0 Å². The molecule has 5 heteroatoms. The highest BCUT2D eigenvalue weighted by atomic mass is 16.3. The van der Waals surface area contributed by atoms with E-state index in [0.717, 1.165) is 11.0 Å². The van der Waals surface area contributed by atoms with E-state index in [-0.39, 0.29) is 19.1 Å². The van der Waals surface area contributed by atoms with Crippen molar-refractivity contribution in [1.29, 1.82) is 0 Å². The number of aliphatic hydroxyl groups excluding tert-OH is 1. The van der Waals surface area contributed by atoms with E-state index in [2.05, 4.69) is 10.3 Å². The first-order valence-electron chi connectivity index (χ1n) is 6.96. The summed E-state index contributed by atoms with van der Waals surface area (Å²) in [5.41, 5.74) is 1.29. The standard InChI is InChI=1S/C15H21N3O2/c1-3-15(4-2,10-19)17-14(20)9-18-11-16-12-7-5-6-8-13(12)18/h5-8,11,19H,3-4,9-10H2,1-2H3,(H,17,20). The second kappa shape index (κ2) is 6.05. The topological polar surface area (TPSA) is 67.2 Å². The van der Waals surface area contributed by atoms with Crippen molar-refractivity contribution in [2.45, 2.75) is 38.8 Å². The summed E-state index contributed by atoms with van der Waals surface area (Å²) in [6.07, 6.45) is 3.08. The van der Waals surface area contributed by atoms with Crippen LogP contribution < -0.4 is 5.32 Å². The van der Waals surface area contributed by atoms with Crippen LogP contribution in [0.4, 0.5) is 0 Å². The van der Waals surface area contributed by atoms with Crippen LogP contribution >= 0.6 is 0 Å². The first kappa shape index (κ1) is 14.5. The maximum Gasteiger partial charge on any atom is 0.240 e. The van der Waals surface area contributed by atoms with Gasteiger partial charge in [-0.1, -0.05) is 26.0 Å². The number of hydrogen-bond donors (Lipinski definition) is 2. The third-order valence-electron chi connectivity index (χ3n) is 3.90. The van der Waals surface area contributed by atoms with Crippen molar-refractivity contribution >= 4 is 16.9 Å². The van der Waals surface area contributed by atoms with Crippen LogP contribution in [-0.4, -0.2) is 32.7 Å². The molecule has 1 heterocycles. The zero-order chi connectivity index (χ0) is 14.6. The summed E-state index contributed by atoms with van der Waals surface area (Å²) in [4.78, 5) is 16.4. The third kappa shape index (κ3) is 2.82. The molecule has 0 saturated carbocycles. The Kier molecular flexibility index (Phi) is 4.39. The zero-order valence-electron chi connectivity index (χ0n) is 12.0. The van der Waals surface area contributed by atoms with E-state index in [4.69, 9.17) is 0 Å². The first-order valence-corrected chi connectivity index (χ1v) is 6.96. The Morgan fingerprint density at radius 1 is 1.35 bits per heavy atom. The summed E-state index contributed by atoms with van der Waals surface area (Å²) in [5.74, 6) is -0.106. The van der Waals surface area contributed by atoms with Crippen LogP contribution in [0.2, 0.25) is 0 Å². The molecule has 0 bridgehead atoms. The van der Waals surface area contributed by atoms with Crippen LogP contribution in [0.5, 0.6) is 0 Å². The molecular weight excluding hydrogens is 254 g/mol. The predicted octanol–water partition coefficient (Wildman–Crippen LogP) is 1.70. The van der Waals surface area contributed by atoms with Crippen LogP contribution in [0, 0.1) is 0 Å². The molecule has 0 radical (unpaired) electrons. The molecule has 2 aromatic rings. The molecule has 0 spiro atoms. The Morgan fingerprint density at radius 2 is 2.05 bits per heavy atom. The summed E-state index contributed by atoms with van der Waals surface area (Å²) in [6, 6.07) is 7.70. The Morgan fingerprint density at radius 3 is 2.70 bits per heavy atom. The highest BCUT2D eigenvalue weighted by Gasteiger charge is 2.27. The van der Waals surface area contributed by atoms with E-state index in [1.54, 1.807) is 6.33 Å². The summed E-state index contributed by atoms with van der Waals surface area (Å²) in [7, 11) is 0. The molecule has 0 saturated heterocycles. The number of rotatable bonds is 6. The third-order valence-corrected chi connectivity index (χ3v) is 3.90. The van der Waals surface area contributed by atoms with Gasteiger partial charge >= 0.3 is 0 Å². The minimum atomic E-state index is -0.520. The summed E-state index contributed by atoms with van der Waals surface area (Å²) in [5, 5.41) is 12.4. The number of carbonyl (C=O) groups excluding carboxylic acids is 1. The van der Waals surface area contributed by atoms with Crippen molar-refractivity contribution in [2.75, 3.05) is 6.61 Å².